The number of urea groups is 1. The molecule has 98 valence electrons. The number of carbonyl (C=O) groups is 1. The summed E-state index contributed by atoms with van der Waals surface area (Å²) in [4.78, 5) is 11.7. The number of fused-ring (bicyclic) bond motifs is 1. The number of hydrogen-bond acceptors (Lipinski definition) is 4. The second kappa shape index (κ2) is 5.19. The van der Waals surface area contributed by atoms with Gasteiger partial charge in [0.2, 0.25) is 6.79 Å². The van der Waals surface area contributed by atoms with Crippen LogP contribution in [0, 0.1) is 0 Å². The van der Waals surface area contributed by atoms with Gasteiger partial charge in [-0.15, -0.1) is 0 Å². The molecule has 5 nitrogen and oxygen atoms in total. The second-order valence-corrected chi connectivity index (χ2v) is 4.79. The molecule has 1 aliphatic heterocycles. The Bertz CT molecular complexity index is 584. The highest BCUT2D eigenvalue weighted by molar-refractivity contribution is 7.07. The van der Waals surface area contributed by atoms with E-state index in [9.17, 15) is 4.79 Å². The summed E-state index contributed by atoms with van der Waals surface area (Å²) in [5.41, 5.74) is 1.76. The van der Waals surface area contributed by atoms with Crippen molar-refractivity contribution in [2.24, 2.45) is 0 Å². The number of benzene rings is 1. The van der Waals surface area contributed by atoms with E-state index in [4.69, 9.17) is 9.47 Å². The van der Waals surface area contributed by atoms with Gasteiger partial charge in [0.05, 0.1) is 0 Å². The second-order valence-electron chi connectivity index (χ2n) is 4.01. The first kappa shape index (κ1) is 11.9. The Morgan fingerprint density at radius 3 is 3.00 bits per heavy atom. The monoisotopic (exact) mass is 276 g/mol. The number of nitrogens with one attached hydrogen (secondary N) is 2. The Hall–Kier alpha value is -2.21. The van der Waals surface area contributed by atoms with E-state index in [1.165, 1.54) is 0 Å². The van der Waals surface area contributed by atoms with Gasteiger partial charge in [0, 0.05) is 18.3 Å². The van der Waals surface area contributed by atoms with E-state index in [2.05, 4.69) is 10.6 Å². The molecule has 1 aromatic carbocycles. The Kier molecular flexibility index (Phi) is 3.24. The molecule has 3 rings (SSSR count). The summed E-state index contributed by atoms with van der Waals surface area (Å²) in [7, 11) is 0. The zero-order valence-corrected chi connectivity index (χ0v) is 10.8. The van der Waals surface area contributed by atoms with Crippen LogP contribution in [0.2, 0.25) is 0 Å². The van der Waals surface area contributed by atoms with Crippen molar-refractivity contribution in [1.82, 2.24) is 5.32 Å². The first-order chi connectivity index (χ1) is 9.31. The third kappa shape index (κ3) is 2.79. The molecule has 0 radical (unpaired) electrons. The van der Waals surface area contributed by atoms with E-state index < -0.39 is 0 Å². The highest BCUT2D eigenvalue weighted by Crippen LogP contribution is 2.34. The standard InChI is InChI=1S/C13H12N2O3S/c16-13(14-6-9-3-4-19-7-9)15-10-1-2-11-12(5-10)18-8-17-11/h1-5,7H,6,8H2,(H2,14,15,16). The molecule has 0 unspecified atom stereocenters. The van der Waals surface area contributed by atoms with E-state index in [1.54, 1.807) is 29.5 Å². The van der Waals surface area contributed by atoms with Gasteiger partial charge in [0.1, 0.15) is 0 Å². The van der Waals surface area contributed by atoms with E-state index in [-0.39, 0.29) is 12.8 Å². The maximum Gasteiger partial charge on any atom is 0.319 e. The summed E-state index contributed by atoms with van der Waals surface area (Å²) in [6, 6.07) is 7.03. The quantitative estimate of drug-likeness (QED) is 0.906. The van der Waals surface area contributed by atoms with Crippen LogP contribution >= 0.6 is 11.3 Å². The molecule has 2 heterocycles. The van der Waals surface area contributed by atoms with Crippen LogP contribution in [0.5, 0.6) is 11.5 Å². The van der Waals surface area contributed by atoms with Gasteiger partial charge in [-0.3, -0.25) is 0 Å². The molecular formula is C13H12N2O3S. The predicted octanol–water partition coefficient (Wildman–Crippen LogP) is 2.80. The Balaban J connectivity index is 1.57. The van der Waals surface area contributed by atoms with E-state index in [0.29, 0.717) is 23.7 Å². The smallest absolute Gasteiger partial charge is 0.319 e. The van der Waals surface area contributed by atoms with Crippen molar-refractivity contribution in [3.63, 3.8) is 0 Å². The fourth-order valence-electron chi connectivity index (χ4n) is 1.73. The molecule has 0 saturated heterocycles. The van der Waals surface area contributed by atoms with Gasteiger partial charge in [0.15, 0.2) is 11.5 Å². The number of anilines is 1. The summed E-state index contributed by atoms with van der Waals surface area (Å²) >= 11 is 1.61. The lowest BCUT2D eigenvalue weighted by Crippen LogP contribution is -2.27. The topological polar surface area (TPSA) is 59.6 Å². The lowest BCUT2D eigenvalue weighted by Gasteiger charge is -2.07. The molecular weight excluding hydrogens is 264 g/mol. The van der Waals surface area contributed by atoms with Crippen LogP contribution in [0.15, 0.2) is 35.0 Å². The fraction of sp³-hybridized carbons (Fsp3) is 0.154. The van der Waals surface area contributed by atoms with E-state index >= 15 is 0 Å². The van der Waals surface area contributed by atoms with Crippen molar-refractivity contribution in [3.8, 4) is 11.5 Å². The Morgan fingerprint density at radius 2 is 2.16 bits per heavy atom. The molecule has 0 saturated carbocycles. The largest absolute Gasteiger partial charge is 0.454 e. The van der Waals surface area contributed by atoms with Crippen molar-refractivity contribution >= 4 is 23.1 Å². The average molecular weight is 276 g/mol. The molecule has 0 atom stereocenters. The summed E-state index contributed by atoms with van der Waals surface area (Å²) < 4.78 is 10.5. The zero-order valence-electron chi connectivity index (χ0n) is 10.0. The summed E-state index contributed by atoms with van der Waals surface area (Å²) in [5.74, 6) is 1.35. The molecule has 0 spiro atoms. The van der Waals surface area contributed by atoms with Crippen LogP contribution in [-0.4, -0.2) is 12.8 Å². The van der Waals surface area contributed by atoms with Crippen molar-refractivity contribution in [2.45, 2.75) is 6.54 Å². The highest BCUT2D eigenvalue weighted by atomic mass is 32.1. The Labute approximate surface area is 114 Å². The van der Waals surface area contributed by atoms with Gasteiger partial charge >= 0.3 is 6.03 Å². The molecule has 6 heteroatoms. The summed E-state index contributed by atoms with van der Waals surface area (Å²) in [5, 5.41) is 9.52. The molecule has 19 heavy (non-hydrogen) atoms. The number of rotatable bonds is 3. The fourth-order valence-corrected chi connectivity index (χ4v) is 2.39. The minimum atomic E-state index is -0.245. The van der Waals surface area contributed by atoms with Gasteiger partial charge < -0.3 is 20.1 Å². The normalized spacial score (nSPS) is 12.2. The van der Waals surface area contributed by atoms with Crippen LogP contribution < -0.4 is 20.1 Å². The minimum absolute atomic E-state index is 0.225. The lowest BCUT2D eigenvalue weighted by atomic mass is 10.3. The molecule has 0 fully saturated rings. The molecule has 2 amide bonds. The third-order valence-electron chi connectivity index (χ3n) is 2.66. The van der Waals surface area contributed by atoms with Gasteiger partial charge in [-0.2, -0.15) is 11.3 Å². The van der Waals surface area contributed by atoms with Gasteiger partial charge in [0.25, 0.3) is 0 Å². The number of hydrogen-bond donors (Lipinski definition) is 2. The number of ether oxygens (including phenoxy) is 2. The first-order valence-corrected chi connectivity index (χ1v) is 6.71. The highest BCUT2D eigenvalue weighted by Gasteiger charge is 2.13. The van der Waals surface area contributed by atoms with Crippen LogP contribution in [0.4, 0.5) is 10.5 Å². The number of amides is 2. The van der Waals surface area contributed by atoms with E-state index in [0.717, 1.165) is 5.56 Å². The molecule has 2 N–H and O–H groups in total. The predicted molar refractivity (Wildman–Crippen MR) is 72.7 cm³/mol. The molecule has 0 aliphatic carbocycles. The molecule has 0 bridgehead atoms. The maximum absolute atomic E-state index is 11.7. The molecule has 1 aromatic heterocycles. The lowest BCUT2D eigenvalue weighted by molar-refractivity contribution is 0.174. The molecule has 1 aliphatic rings. The molecule has 2 aromatic rings. The Morgan fingerprint density at radius 1 is 1.26 bits per heavy atom. The summed E-state index contributed by atoms with van der Waals surface area (Å²) in [6.07, 6.45) is 0. The van der Waals surface area contributed by atoms with Crippen molar-refractivity contribution in [1.29, 1.82) is 0 Å². The van der Waals surface area contributed by atoms with E-state index in [1.807, 2.05) is 16.8 Å². The number of thiophene rings is 1. The first-order valence-electron chi connectivity index (χ1n) is 5.77. The van der Waals surface area contributed by atoms with Crippen LogP contribution in [-0.2, 0) is 6.54 Å². The SMILES string of the molecule is O=C(NCc1ccsc1)Nc1ccc2c(c1)OCO2. The minimum Gasteiger partial charge on any atom is -0.454 e. The van der Waals surface area contributed by atoms with Crippen LogP contribution in [0.25, 0.3) is 0 Å². The zero-order chi connectivity index (χ0) is 13.1. The van der Waals surface area contributed by atoms with Gasteiger partial charge in [-0.05, 0) is 34.5 Å². The van der Waals surface area contributed by atoms with Crippen molar-refractivity contribution in [3.05, 3.63) is 40.6 Å². The van der Waals surface area contributed by atoms with Gasteiger partial charge in [-0.25, -0.2) is 4.79 Å². The summed E-state index contributed by atoms with van der Waals surface area (Å²) in [6.45, 7) is 0.739. The third-order valence-corrected chi connectivity index (χ3v) is 3.40. The number of carbonyl (C=O) groups excluding carboxylic acids is 1. The maximum atomic E-state index is 11.7. The average Bonchev–Trinajstić information content (AvgIpc) is 3.07. The van der Waals surface area contributed by atoms with Crippen LogP contribution in [0.1, 0.15) is 5.56 Å². The van der Waals surface area contributed by atoms with Crippen molar-refractivity contribution in [2.75, 3.05) is 12.1 Å². The van der Waals surface area contributed by atoms with Crippen LogP contribution in [0.3, 0.4) is 0 Å². The van der Waals surface area contributed by atoms with Gasteiger partial charge in [-0.1, -0.05) is 0 Å². The van der Waals surface area contributed by atoms with Crippen molar-refractivity contribution < 1.29 is 14.3 Å².